The van der Waals surface area contributed by atoms with E-state index in [2.05, 4.69) is 21.7 Å². The lowest BCUT2D eigenvalue weighted by molar-refractivity contribution is 0.316. The Hall–Kier alpha value is -3.02. The van der Waals surface area contributed by atoms with Crippen molar-refractivity contribution in [1.82, 2.24) is 9.97 Å². The first-order valence-corrected chi connectivity index (χ1v) is 7.12. The topological polar surface area (TPSA) is 77.6 Å². The normalized spacial score (nSPS) is 10.7. The molecule has 0 atom stereocenters. The molecule has 0 bridgehead atoms. The van der Waals surface area contributed by atoms with Gasteiger partial charge in [0.1, 0.15) is 6.61 Å². The molecule has 1 aromatic carbocycles. The molecule has 0 unspecified atom stereocenters. The van der Waals surface area contributed by atoms with Crippen molar-refractivity contribution < 1.29 is 9.15 Å². The van der Waals surface area contributed by atoms with Gasteiger partial charge in [0.05, 0.1) is 23.0 Å². The number of nitrogens with zero attached hydrogens (tertiary/aromatic N) is 3. The Morgan fingerprint density at radius 1 is 1.30 bits per heavy atom. The maximum Gasteiger partial charge on any atom is 0.347 e. The zero-order chi connectivity index (χ0) is 16.2. The maximum atomic E-state index is 12.3. The molecule has 2 heterocycles. The van der Waals surface area contributed by atoms with Gasteiger partial charge in [0.15, 0.2) is 0 Å². The van der Waals surface area contributed by atoms with Gasteiger partial charge < -0.3 is 9.15 Å². The van der Waals surface area contributed by atoms with Gasteiger partial charge in [0.2, 0.25) is 11.8 Å². The fourth-order valence-corrected chi connectivity index (χ4v) is 2.27. The van der Waals surface area contributed by atoms with E-state index in [0.717, 1.165) is 5.56 Å². The van der Waals surface area contributed by atoms with Crippen LogP contribution in [0, 0.1) is 6.92 Å². The van der Waals surface area contributed by atoms with Crippen LogP contribution in [0.5, 0.6) is 5.88 Å². The van der Waals surface area contributed by atoms with E-state index in [-0.39, 0.29) is 5.89 Å². The summed E-state index contributed by atoms with van der Waals surface area (Å²) in [5.41, 5.74) is 1.51. The summed E-state index contributed by atoms with van der Waals surface area (Å²) >= 11 is 0. The Balaban J connectivity index is 2.11. The second-order valence-corrected chi connectivity index (χ2v) is 4.93. The zero-order valence-electron chi connectivity index (χ0n) is 12.7. The highest BCUT2D eigenvalue weighted by Gasteiger charge is 2.15. The highest BCUT2D eigenvalue weighted by molar-refractivity contribution is 5.82. The smallest absolute Gasteiger partial charge is 0.347 e. The van der Waals surface area contributed by atoms with Crippen molar-refractivity contribution in [3.05, 3.63) is 52.5 Å². The third kappa shape index (κ3) is 2.96. The van der Waals surface area contributed by atoms with Gasteiger partial charge in [-0.3, -0.25) is 4.99 Å². The molecule has 0 saturated carbocycles. The van der Waals surface area contributed by atoms with Crippen LogP contribution in [-0.2, 0) is 0 Å². The Morgan fingerprint density at radius 3 is 3.00 bits per heavy atom. The van der Waals surface area contributed by atoms with Crippen molar-refractivity contribution in [1.29, 1.82) is 0 Å². The molecule has 3 rings (SSSR count). The molecule has 2 aromatic heterocycles. The molecule has 0 fully saturated rings. The number of aryl methyl sites for hydroxylation is 1. The third-order valence-corrected chi connectivity index (χ3v) is 3.36. The lowest BCUT2D eigenvalue weighted by Crippen LogP contribution is -2.07. The number of ether oxygens (including phenoxy) is 1. The second kappa shape index (κ2) is 6.39. The van der Waals surface area contributed by atoms with Gasteiger partial charge in [0.25, 0.3) is 0 Å². The Labute approximate surface area is 132 Å². The minimum Gasteiger partial charge on any atom is -0.475 e. The molecular weight excluding hydrogens is 294 g/mol. The fraction of sp³-hybridized carbons (Fsp3) is 0.176. The molecule has 23 heavy (non-hydrogen) atoms. The van der Waals surface area contributed by atoms with Gasteiger partial charge in [-0.25, -0.2) is 14.8 Å². The summed E-state index contributed by atoms with van der Waals surface area (Å²) in [5, 5.41) is 0.485. The molecule has 6 heteroatoms. The monoisotopic (exact) mass is 309 g/mol. The number of aromatic nitrogens is 2. The van der Waals surface area contributed by atoms with E-state index < -0.39 is 5.63 Å². The second-order valence-electron chi connectivity index (χ2n) is 4.93. The average Bonchev–Trinajstić information content (AvgIpc) is 2.55. The number of hydrogen-bond donors (Lipinski definition) is 0. The summed E-state index contributed by atoms with van der Waals surface area (Å²) in [7, 11) is 0. The summed E-state index contributed by atoms with van der Waals surface area (Å²) < 4.78 is 10.9. The van der Waals surface area contributed by atoms with E-state index in [1.807, 2.05) is 19.1 Å². The third-order valence-electron chi connectivity index (χ3n) is 3.36. The molecule has 0 saturated heterocycles. The van der Waals surface area contributed by atoms with Gasteiger partial charge >= 0.3 is 5.63 Å². The first kappa shape index (κ1) is 14.9. The lowest BCUT2D eigenvalue weighted by Gasteiger charge is -2.08. The minimum absolute atomic E-state index is 0.183. The number of fused-ring (bicyclic) bond motifs is 1. The van der Waals surface area contributed by atoms with E-state index >= 15 is 0 Å². The van der Waals surface area contributed by atoms with Crippen LogP contribution in [0.3, 0.4) is 0 Å². The summed E-state index contributed by atoms with van der Waals surface area (Å²) in [6.07, 6.45) is 1.60. The largest absolute Gasteiger partial charge is 0.475 e. The summed E-state index contributed by atoms with van der Waals surface area (Å²) in [6, 6.07) is 8.96. The van der Waals surface area contributed by atoms with Gasteiger partial charge in [-0.2, -0.15) is 0 Å². The summed E-state index contributed by atoms with van der Waals surface area (Å²) in [5.74, 6) is 0.529. The van der Waals surface area contributed by atoms with Crippen LogP contribution < -0.4 is 10.4 Å². The van der Waals surface area contributed by atoms with E-state index in [4.69, 9.17) is 9.15 Å². The quantitative estimate of drug-likeness (QED) is 0.535. The van der Waals surface area contributed by atoms with Gasteiger partial charge in [-0.15, -0.1) is 0 Å². The van der Waals surface area contributed by atoms with Crippen molar-refractivity contribution in [2.24, 2.45) is 4.99 Å². The lowest BCUT2D eigenvalue weighted by atomic mass is 10.1. The summed E-state index contributed by atoms with van der Waals surface area (Å²) in [4.78, 5) is 24.6. The van der Waals surface area contributed by atoms with Crippen LogP contribution in [0.2, 0.25) is 0 Å². The number of benzene rings is 1. The molecule has 0 aliphatic heterocycles. The molecule has 0 spiro atoms. The van der Waals surface area contributed by atoms with Crippen LogP contribution in [-0.4, -0.2) is 29.8 Å². The van der Waals surface area contributed by atoms with Gasteiger partial charge in [-0.1, -0.05) is 12.1 Å². The molecular formula is C17H15N3O3. The molecule has 3 aromatic rings. The van der Waals surface area contributed by atoms with Crippen LogP contribution >= 0.6 is 0 Å². The number of pyridine rings is 1. The number of aliphatic imine (C=N–C) groups is 1. The number of rotatable bonds is 5. The standard InChI is InChI=1S/C17H15N3O3/c1-11-5-3-7-13-14(11)17(21)23-16(20-13)12-6-4-8-19-15(12)22-10-9-18-2/h3-8H,2,9-10H2,1H3. The molecule has 116 valence electrons. The average molecular weight is 309 g/mol. The molecule has 0 radical (unpaired) electrons. The van der Waals surface area contributed by atoms with Crippen LogP contribution in [0.4, 0.5) is 0 Å². The Bertz CT molecular complexity index is 918. The van der Waals surface area contributed by atoms with Crippen molar-refractivity contribution in [3.63, 3.8) is 0 Å². The van der Waals surface area contributed by atoms with Crippen LogP contribution in [0.15, 0.2) is 50.7 Å². The van der Waals surface area contributed by atoms with Crippen molar-refractivity contribution in [2.45, 2.75) is 6.92 Å². The van der Waals surface area contributed by atoms with Crippen LogP contribution in [0.25, 0.3) is 22.4 Å². The van der Waals surface area contributed by atoms with Gasteiger partial charge in [-0.05, 0) is 37.4 Å². The van der Waals surface area contributed by atoms with Crippen molar-refractivity contribution >= 4 is 17.6 Å². The fourth-order valence-electron chi connectivity index (χ4n) is 2.27. The van der Waals surface area contributed by atoms with Gasteiger partial charge in [0, 0.05) is 6.20 Å². The highest BCUT2D eigenvalue weighted by atomic mass is 16.5. The first-order chi connectivity index (χ1) is 11.2. The molecule has 0 aliphatic rings. The predicted molar refractivity (Wildman–Crippen MR) is 88.2 cm³/mol. The van der Waals surface area contributed by atoms with E-state index in [9.17, 15) is 4.79 Å². The van der Waals surface area contributed by atoms with Crippen molar-refractivity contribution in [3.8, 4) is 17.3 Å². The minimum atomic E-state index is -0.425. The predicted octanol–water partition coefficient (Wildman–Crippen LogP) is 2.64. The molecule has 0 aliphatic carbocycles. The summed E-state index contributed by atoms with van der Waals surface area (Å²) in [6.45, 7) is 6.04. The SMILES string of the molecule is C=NCCOc1ncccc1-c1nc2cccc(C)c2c(=O)o1. The maximum absolute atomic E-state index is 12.3. The number of hydrogen-bond acceptors (Lipinski definition) is 6. The zero-order valence-corrected chi connectivity index (χ0v) is 12.7. The Morgan fingerprint density at radius 2 is 2.17 bits per heavy atom. The van der Waals surface area contributed by atoms with E-state index in [1.54, 1.807) is 24.4 Å². The first-order valence-electron chi connectivity index (χ1n) is 7.12. The van der Waals surface area contributed by atoms with E-state index in [0.29, 0.717) is 35.5 Å². The van der Waals surface area contributed by atoms with E-state index in [1.165, 1.54) is 0 Å². The highest BCUT2D eigenvalue weighted by Crippen LogP contribution is 2.27. The van der Waals surface area contributed by atoms with Crippen molar-refractivity contribution in [2.75, 3.05) is 13.2 Å². The molecule has 0 N–H and O–H groups in total. The van der Waals surface area contributed by atoms with Crippen LogP contribution in [0.1, 0.15) is 5.56 Å². The Kier molecular flexibility index (Phi) is 4.14. The molecule has 6 nitrogen and oxygen atoms in total. The molecule has 0 amide bonds.